The van der Waals surface area contributed by atoms with Crippen molar-refractivity contribution in [1.82, 2.24) is 4.90 Å². The molecule has 0 aliphatic carbocycles. The minimum absolute atomic E-state index is 0.0156. The van der Waals surface area contributed by atoms with Crippen molar-refractivity contribution in [3.05, 3.63) is 0 Å². The zero-order valence-electron chi connectivity index (χ0n) is 10.6. The molecule has 0 fully saturated rings. The molecule has 0 aromatic rings. The minimum atomic E-state index is -0.326. The third-order valence-corrected chi connectivity index (χ3v) is 2.25. The van der Waals surface area contributed by atoms with Gasteiger partial charge in [0.05, 0.1) is 6.61 Å². The number of carbonyl (C=O) groups excluding carboxylic acids is 2. The first kappa shape index (κ1) is 14.9. The van der Waals surface area contributed by atoms with Crippen molar-refractivity contribution in [2.75, 3.05) is 20.2 Å². The van der Waals surface area contributed by atoms with Crippen LogP contribution in [-0.4, -0.2) is 37.0 Å². The number of hydrogen-bond donors (Lipinski definition) is 0. The first-order chi connectivity index (χ1) is 7.61. The molecule has 0 spiro atoms. The van der Waals surface area contributed by atoms with Gasteiger partial charge in [-0.05, 0) is 12.8 Å². The summed E-state index contributed by atoms with van der Waals surface area (Å²) in [4.78, 5) is 24.2. The van der Waals surface area contributed by atoms with E-state index in [9.17, 15) is 9.59 Å². The molecule has 1 amide bonds. The number of likely N-dealkylation sites (N-methyl/N-ethyl adjacent to an activating group) is 1. The van der Waals surface area contributed by atoms with Crippen LogP contribution in [0.3, 0.4) is 0 Å². The average Bonchev–Trinajstić information content (AvgIpc) is 2.26. The zero-order chi connectivity index (χ0) is 12.4. The van der Waals surface area contributed by atoms with Gasteiger partial charge in [-0.3, -0.25) is 9.59 Å². The Morgan fingerprint density at radius 3 is 2.38 bits per heavy atom. The van der Waals surface area contributed by atoms with E-state index in [0.717, 1.165) is 25.7 Å². The van der Waals surface area contributed by atoms with Gasteiger partial charge >= 0.3 is 5.97 Å². The highest BCUT2D eigenvalue weighted by Gasteiger charge is 2.12. The van der Waals surface area contributed by atoms with Gasteiger partial charge in [-0.15, -0.1) is 0 Å². The number of carbonyl (C=O) groups is 2. The first-order valence-electron chi connectivity index (χ1n) is 6.01. The summed E-state index contributed by atoms with van der Waals surface area (Å²) < 4.78 is 4.90. The molecule has 0 rings (SSSR count). The number of hydrogen-bond acceptors (Lipinski definition) is 3. The molecule has 0 aliphatic heterocycles. The van der Waals surface area contributed by atoms with Gasteiger partial charge in [0.2, 0.25) is 5.91 Å². The lowest BCUT2D eigenvalue weighted by atomic mass is 10.2. The predicted molar refractivity (Wildman–Crippen MR) is 63.0 cm³/mol. The Hall–Kier alpha value is -1.06. The molecular formula is C12H23NO3. The number of amides is 1. The molecule has 0 aromatic heterocycles. The summed E-state index contributed by atoms with van der Waals surface area (Å²) in [6.07, 6.45) is 4.37. The Balaban J connectivity index is 3.73. The molecule has 0 aromatic carbocycles. The van der Waals surface area contributed by atoms with E-state index in [-0.39, 0.29) is 18.4 Å². The van der Waals surface area contributed by atoms with Gasteiger partial charge in [-0.1, -0.05) is 26.7 Å². The van der Waals surface area contributed by atoms with Gasteiger partial charge < -0.3 is 9.64 Å². The van der Waals surface area contributed by atoms with Crippen LogP contribution in [0.1, 0.15) is 46.0 Å². The third kappa shape index (κ3) is 7.26. The molecule has 0 saturated heterocycles. The predicted octanol–water partition coefficient (Wildman–Crippen LogP) is 1.98. The number of esters is 1. The van der Waals surface area contributed by atoms with Crippen LogP contribution in [-0.2, 0) is 14.3 Å². The van der Waals surface area contributed by atoms with Gasteiger partial charge in [-0.2, -0.15) is 0 Å². The van der Waals surface area contributed by atoms with Crippen LogP contribution in [0, 0.1) is 0 Å². The zero-order valence-corrected chi connectivity index (χ0v) is 10.6. The van der Waals surface area contributed by atoms with E-state index in [0.29, 0.717) is 13.0 Å². The van der Waals surface area contributed by atoms with Crippen molar-refractivity contribution in [3.63, 3.8) is 0 Å². The van der Waals surface area contributed by atoms with E-state index < -0.39 is 0 Å². The summed E-state index contributed by atoms with van der Waals surface area (Å²) in [6.45, 7) is 4.52. The monoisotopic (exact) mass is 229 g/mol. The highest BCUT2D eigenvalue weighted by molar-refractivity contribution is 5.81. The molecule has 0 atom stereocenters. The molecule has 4 nitrogen and oxygen atoms in total. The third-order valence-electron chi connectivity index (χ3n) is 2.25. The Bertz CT molecular complexity index is 216. The highest BCUT2D eigenvalue weighted by Crippen LogP contribution is 2.02. The van der Waals surface area contributed by atoms with Crippen molar-refractivity contribution in [2.45, 2.75) is 46.0 Å². The molecule has 0 bridgehead atoms. The molecular weight excluding hydrogens is 206 g/mol. The molecule has 0 unspecified atom stereocenters. The lowest BCUT2D eigenvalue weighted by Crippen LogP contribution is -2.32. The number of unbranched alkanes of at least 4 members (excludes halogenated alkanes) is 2. The molecule has 0 saturated carbocycles. The normalized spacial score (nSPS) is 9.94. The smallest absolute Gasteiger partial charge is 0.325 e. The van der Waals surface area contributed by atoms with E-state index in [1.165, 1.54) is 4.90 Å². The molecule has 94 valence electrons. The second kappa shape index (κ2) is 9.19. The fraction of sp³-hybridized carbons (Fsp3) is 0.833. The Labute approximate surface area is 98.0 Å². The molecule has 4 heteroatoms. The van der Waals surface area contributed by atoms with E-state index in [1.54, 1.807) is 7.05 Å². The molecule has 16 heavy (non-hydrogen) atoms. The Kier molecular flexibility index (Phi) is 8.58. The lowest BCUT2D eigenvalue weighted by Gasteiger charge is -2.15. The topological polar surface area (TPSA) is 46.6 Å². The van der Waals surface area contributed by atoms with Crippen LogP contribution in [0.5, 0.6) is 0 Å². The summed E-state index contributed by atoms with van der Waals surface area (Å²) in [7, 11) is 1.64. The second-order valence-electron chi connectivity index (χ2n) is 3.93. The molecule has 0 heterocycles. The van der Waals surface area contributed by atoms with Crippen LogP contribution in [0.25, 0.3) is 0 Å². The van der Waals surface area contributed by atoms with E-state index in [1.807, 2.05) is 6.92 Å². The summed E-state index contributed by atoms with van der Waals surface area (Å²) in [6, 6.07) is 0. The highest BCUT2D eigenvalue weighted by atomic mass is 16.5. The first-order valence-corrected chi connectivity index (χ1v) is 6.01. The summed E-state index contributed by atoms with van der Waals surface area (Å²) in [5.74, 6) is -0.310. The van der Waals surface area contributed by atoms with Crippen molar-refractivity contribution >= 4 is 11.9 Å². The van der Waals surface area contributed by atoms with Crippen molar-refractivity contribution in [3.8, 4) is 0 Å². The van der Waals surface area contributed by atoms with Gasteiger partial charge in [0, 0.05) is 13.5 Å². The average molecular weight is 229 g/mol. The largest absolute Gasteiger partial charge is 0.464 e. The van der Waals surface area contributed by atoms with E-state index >= 15 is 0 Å². The van der Waals surface area contributed by atoms with Crippen molar-refractivity contribution in [1.29, 1.82) is 0 Å². The van der Waals surface area contributed by atoms with Crippen molar-refractivity contribution in [2.24, 2.45) is 0 Å². The van der Waals surface area contributed by atoms with Gasteiger partial charge in [-0.25, -0.2) is 0 Å². The van der Waals surface area contributed by atoms with Crippen LogP contribution in [0.15, 0.2) is 0 Å². The molecule has 0 N–H and O–H groups in total. The van der Waals surface area contributed by atoms with Crippen LogP contribution >= 0.6 is 0 Å². The second-order valence-corrected chi connectivity index (χ2v) is 3.93. The van der Waals surface area contributed by atoms with E-state index in [4.69, 9.17) is 4.74 Å². The fourth-order valence-electron chi connectivity index (χ4n) is 1.26. The molecule has 0 aliphatic rings. The maximum absolute atomic E-state index is 11.5. The number of rotatable bonds is 8. The fourth-order valence-corrected chi connectivity index (χ4v) is 1.26. The van der Waals surface area contributed by atoms with Gasteiger partial charge in [0.1, 0.15) is 6.54 Å². The number of nitrogens with zero attached hydrogens (tertiary/aromatic N) is 1. The quantitative estimate of drug-likeness (QED) is 0.472. The van der Waals surface area contributed by atoms with E-state index in [2.05, 4.69) is 6.92 Å². The Morgan fingerprint density at radius 2 is 1.81 bits per heavy atom. The Morgan fingerprint density at radius 1 is 1.12 bits per heavy atom. The molecule has 0 radical (unpaired) electrons. The van der Waals surface area contributed by atoms with Crippen LogP contribution in [0.4, 0.5) is 0 Å². The summed E-state index contributed by atoms with van der Waals surface area (Å²) >= 11 is 0. The number of ether oxygens (including phenoxy) is 1. The van der Waals surface area contributed by atoms with Crippen LogP contribution < -0.4 is 0 Å². The SMILES string of the molecule is CCCCCC(=O)N(C)CC(=O)OCCC. The minimum Gasteiger partial charge on any atom is -0.464 e. The van der Waals surface area contributed by atoms with Crippen molar-refractivity contribution < 1.29 is 14.3 Å². The van der Waals surface area contributed by atoms with Gasteiger partial charge in [0.25, 0.3) is 0 Å². The lowest BCUT2D eigenvalue weighted by molar-refractivity contribution is -0.148. The standard InChI is InChI=1S/C12H23NO3/c1-4-6-7-8-11(14)13(3)10-12(15)16-9-5-2/h4-10H2,1-3H3. The summed E-state index contributed by atoms with van der Waals surface area (Å²) in [5, 5.41) is 0. The maximum atomic E-state index is 11.5. The summed E-state index contributed by atoms with van der Waals surface area (Å²) in [5.41, 5.74) is 0. The van der Waals surface area contributed by atoms with Gasteiger partial charge in [0.15, 0.2) is 0 Å². The maximum Gasteiger partial charge on any atom is 0.325 e. The van der Waals surface area contributed by atoms with Crippen LogP contribution in [0.2, 0.25) is 0 Å².